The summed E-state index contributed by atoms with van der Waals surface area (Å²) in [7, 11) is 1.81. The van der Waals surface area contributed by atoms with Crippen LogP contribution in [-0.4, -0.2) is 31.2 Å². The average Bonchev–Trinajstić information content (AvgIpc) is 2.36. The number of para-hydroxylation sites is 1. The molecule has 0 aliphatic carbocycles. The van der Waals surface area contributed by atoms with Crippen LogP contribution in [0.15, 0.2) is 24.3 Å². The van der Waals surface area contributed by atoms with Crippen molar-refractivity contribution in [1.29, 1.82) is 0 Å². The number of benzene rings is 1. The van der Waals surface area contributed by atoms with E-state index < -0.39 is 0 Å². The number of hydrogen-bond donors (Lipinski definition) is 2. The number of carbonyl (C=O) groups excluding carboxylic acids is 1. The van der Waals surface area contributed by atoms with E-state index in [-0.39, 0.29) is 18.6 Å². The first-order valence-corrected chi connectivity index (χ1v) is 5.93. The lowest BCUT2D eigenvalue weighted by molar-refractivity contribution is -0.119. The van der Waals surface area contributed by atoms with Crippen molar-refractivity contribution < 1.29 is 9.90 Å². The van der Waals surface area contributed by atoms with E-state index in [1.165, 1.54) is 0 Å². The van der Waals surface area contributed by atoms with Crippen molar-refractivity contribution in [2.45, 2.75) is 18.9 Å². The highest BCUT2D eigenvalue weighted by Crippen LogP contribution is 2.33. The molecule has 92 valence electrons. The Morgan fingerprint density at radius 1 is 1.47 bits per heavy atom. The van der Waals surface area contributed by atoms with Crippen LogP contribution < -0.4 is 10.2 Å². The number of carbonyl (C=O) groups is 1. The Labute approximate surface area is 101 Å². The van der Waals surface area contributed by atoms with E-state index in [0.717, 1.165) is 17.8 Å². The third-order valence-electron chi connectivity index (χ3n) is 3.15. The van der Waals surface area contributed by atoms with Gasteiger partial charge in [-0.25, -0.2) is 0 Å². The maximum absolute atomic E-state index is 11.8. The van der Waals surface area contributed by atoms with Gasteiger partial charge >= 0.3 is 0 Å². The summed E-state index contributed by atoms with van der Waals surface area (Å²) in [6.07, 6.45) is 1.20. The van der Waals surface area contributed by atoms with Gasteiger partial charge in [0.2, 0.25) is 5.91 Å². The highest BCUT2D eigenvalue weighted by Gasteiger charge is 2.28. The SMILES string of the molecule is CN1C(=O)CC(NCCCO)c2ccccc21. The smallest absolute Gasteiger partial charge is 0.228 e. The third kappa shape index (κ3) is 2.48. The number of amides is 1. The van der Waals surface area contributed by atoms with Gasteiger partial charge in [0.05, 0.1) is 0 Å². The van der Waals surface area contributed by atoms with Gasteiger partial charge in [-0.15, -0.1) is 0 Å². The second kappa shape index (κ2) is 5.29. The Balaban J connectivity index is 2.18. The molecule has 4 nitrogen and oxygen atoms in total. The molecule has 1 amide bonds. The molecule has 0 bridgehead atoms. The summed E-state index contributed by atoms with van der Waals surface area (Å²) in [5, 5.41) is 12.1. The second-order valence-corrected chi connectivity index (χ2v) is 4.30. The van der Waals surface area contributed by atoms with Crippen molar-refractivity contribution in [2.75, 3.05) is 25.1 Å². The Morgan fingerprint density at radius 2 is 2.24 bits per heavy atom. The van der Waals surface area contributed by atoms with Gasteiger partial charge in [0, 0.05) is 31.8 Å². The van der Waals surface area contributed by atoms with Crippen LogP contribution >= 0.6 is 0 Å². The van der Waals surface area contributed by atoms with Gasteiger partial charge in [0.15, 0.2) is 0 Å². The van der Waals surface area contributed by atoms with Crippen LogP contribution in [0.3, 0.4) is 0 Å². The molecule has 0 saturated heterocycles. The van der Waals surface area contributed by atoms with Gasteiger partial charge in [-0.1, -0.05) is 18.2 Å². The molecule has 1 aliphatic rings. The molecule has 0 saturated carbocycles. The monoisotopic (exact) mass is 234 g/mol. The molecule has 2 N–H and O–H groups in total. The van der Waals surface area contributed by atoms with Gasteiger partial charge in [0.1, 0.15) is 0 Å². The largest absolute Gasteiger partial charge is 0.396 e. The van der Waals surface area contributed by atoms with Crippen LogP contribution in [0.4, 0.5) is 5.69 Å². The highest BCUT2D eigenvalue weighted by molar-refractivity contribution is 5.96. The average molecular weight is 234 g/mol. The van der Waals surface area contributed by atoms with E-state index in [1.807, 2.05) is 25.2 Å². The van der Waals surface area contributed by atoms with E-state index in [1.54, 1.807) is 4.90 Å². The number of rotatable bonds is 4. The molecule has 0 spiro atoms. The molecule has 2 rings (SSSR count). The van der Waals surface area contributed by atoms with E-state index >= 15 is 0 Å². The van der Waals surface area contributed by atoms with Crippen LogP contribution in [0, 0.1) is 0 Å². The molecule has 1 atom stereocenters. The molecule has 4 heteroatoms. The Kier molecular flexibility index (Phi) is 3.76. The Hall–Kier alpha value is -1.39. The number of fused-ring (bicyclic) bond motifs is 1. The predicted octanol–water partition coefficient (Wildman–Crippen LogP) is 1.07. The number of nitrogens with zero attached hydrogens (tertiary/aromatic N) is 1. The van der Waals surface area contributed by atoms with Gasteiger partial charge in [-0.3, -0.25) is 4.79 Å². The first-order valence-electron chi connectivity index (χ1n) is 5.93. The lowest BCUT2D eigenvalue weighted by atomic mass is 9.96. The number of aliphatic hydroxyl groups excluding tert-OH is 1. The Morgan fingerprint density at radius 3 is 3.00 bits per heavy atom. The number of anilines is 1. The van der Waals surface area contributed by atoms with Crippen molar-refractivity contribution in [3.63, 3.8) is 0 Å². The fraction of sp³-hybridized carbons (Fsp3) is 0.462. The fourth-order valence-corrected chi connectivity index (χ4v) is 2.18. The molecular weight excluding hydrogens is 216 g/mol. The zero-order chi connectivity index (χ0) is 12.3. The standard InChI is InChI=1S/C13H18N2O2/c1-15-12-6-3-2-5-10(12)11(9-13(15)17)14-7-4-8-16/h2-3,5-6,11,14,16H,4,7-9H2,1H3. The molecule has 0 fully saturated rings. The van der Waals surface area contributed by atoms with Crippen molar-refractivity contribution in [1.82, 2.24) is 5.32 Å². The summed E-state index contributed by atoms with van der Waals surface area (Å²) >= 11 is 0. The van der Waals surface area contributed by atoms with Gasteiger partial charge < -0.3 is 15.3 Å². The van der Waals surface area contributed by atoms with Crippen LogP contribution in [-0.2, 0) is 4.79 Å². The van der Waals surface area contributed by atoms with Crippen LogP contribution in [0.1, 0.15) is 24.4 Å². The number of hydrogen-bond acceptors (Lipinski definition) is 3. The van der Waals surface area contributed by atoms with Gasteiger partial charge in [-0.2, -0.15) is 0 Å². The second-order valence-electron chi connectivity index (χ2n) is 4.30. The van der Waals surface area contributed by atoms with Gasteiger partial charge in [-0.05, 0) is 24.6 Å². The topological polar surface area (TPSA) is 52.6 Å². The molecule has 1 heterocycles. The van der Waals surface area contributed by atoms with Crippen LogP contribution in [0.5, 0.6) is 0 Å². The maximum Gasteiger partial charge on any atom is 0.228 e. The third-order valence-corrected chi connectivity index (χ3v) is 3.15. The molecule has 1 aliphatic heterocycles. The minimum atomic E-state index is 0.0708. The molecule has 1 aromatic rings. The molecule has 1 unspecified atom stereocenters. The molecular formula is C13H18N2O2. The maximum atomic E-state index is 11.8. The van der Waals surface area contributed by atoms with Gasteiger partial charge in [0.25, 0.3) is 0 Å². The predicted molar refractivity (Wildman–Crippen MR) is 66.9 cm³/mol. The zero-order valence-corrected chi connectivity index (χ0v) is 10.0. The lowest BCUT2D eigenvalue weighted by Gasteiger charge is -2.32. The van der Waals surface area contributed by atoms with Crippen molar-refractivity contribution in [2.24, 2.45) is 0 Å². The van der Waals surface area contributed by atoms with Crippen molar-refractivity contribution in [3.05, 3.63) is 29.8 Å². The molecule has 17 heavy (non-hydrogen) atoms. The summed E-state index contributed by atoms with van der Waals surface area (Å²) < 4.78 is 0. The van der Waals surface area contributed by atoms with Crippen molar-refractivity contribution in [3.8, 4) is 0 Å². The first-order chi connectivity index (χ1) is 8.24. The number of nitrogens with one attached hydrogen (secondary N) is 1. The molecule has 0 aromatic heterocycles. The quantitative estimate of drug-likeness (QED) is 0.766. The van der Waals surface area contributed by atoms with Crippen molar-refractivity contribution >= 4 is 11.6 Å². The molecule has 1 aromatic carbocycles. The summed E-state index contributed by atoms with van der Waals surface area (Å²) in [4.78, 5) is 13.5. The Bertz CT molecular complexity index is 406. The summed E-state index contributed by atoms with van der Waals surface area (Å²) in [5.74, 6) is 0.130. The van der Waals surface area contributed by atoms with Crippen LogP contribution in [0.2, 0.25) is 0 Å². The number of aliphatic hydroxyl groups is 1. The minimum absolute atomic E-state index is 0.0708. The highest BCUT2D eigenvalue weighted by atomic mass is 16.3. The fourth-order valence-electron chi connectivity index (χ4n) is 2.18. The van der Waals surface area contributed by atoms with E-state index in [9.17, 15) is 4.79 Å². The van der Waals surface area contributed by atoms with Crippen LogP contribution in [0.25, 0.3) is 0 Å². The van der Waals surface area contributed by atoms with E-state index in [4.69, 9.17) is 5.11 Å². The molecule has 0 radical (unpaired) electrons. The minimum Gasteiger partial charge on any atom is -0.396 e. The summed E-state index contributed by atoms with van der Waals surface area (Å²) in [6, 6.07) is 8.02. The first kappa shape index (κ1) is 12.1. The van der Waals surface area contributed by atoms with E-state index in [2.05, 4.69) is 11.4 Å². The lowest BCUT2D eigenvalue weighted by Crippen LogP contribution is -2.38. The summed E-state index contributed by atoms with van der Waals surface area (Å²) in [6.45, 7) is 0.904. The zero-order valence-electron chi connectivity index (χ0n) is 10.0. The normalized spacial score (nSPS) is 19.3. The van der Waals surface area contributed by atoms with E-state index in [0.29, 0.717) is 12.8 Å². The summed E-state index contributed by atoms with van der Waals surface area (Å²) in [5.41, 5.74) is 2.14.